The second-order valence-electron chi connectivity index (χ2n) is 6.59. The molecule has 0 saturated carbocycles. The highest BCUT2D eigenvalue weighted by Crippen LogP contribution is 2.27. The number of H-pyrrole nitrogens is 1. The molecule has 7 nitrogen and oxygen atoms in total. The van der Waals surface area contributed by atoms with Gasteiger partial charge in [-0.3, -0.25) is 4.79 Å². The lowest BCUT2D eigenvalue weighted by Gasteiger charge is -2.24. The molecule has 2 aromatic heterocycles. The third-order valence-electron chi connectivity index (χ3n) is 4.46. The van der Waals surface area contributed by atoms with Gasteiger partial charge in [0.1, 0.15) is 18.5 Å². The molecule has 3 heterocycles. The Balaban J connectivity index is 1.44. The minimum absolute atomic E-state index is 0.0579. The van der Waals surface area contributed by atoms with Crippen molar-refractivity contribution in [3.63, 3.8) is 0 Å². The SMILES string of the molecule is Cc1cc(COc2cc3[nH]c(CNC(=O)[C@H]4CCO4)cc3cc2C)on1. The minimum atomic E-state index is -0.290. The van der Waals surface area contributed by atoms with E-state index in [1.165, 1.54) is 0 Å². The first kappa shape index (κ1) is 16.7. The summed E-state index contributed by atoms with van der Waals surface area (Å²) in [5.41, 5.74) is 3.77. The quantitative estimate of drug-likeness (QED) is 0.710. The van der Waals surface area contributed by atoms with Gasteiger partial charge in [0.25, 0.3) is 0 Å². The largest absolute Gasteiger partial charge is 0.485 e. The summed E-state index contributed by atoms with van der Waals surface area (Å²) >= 11 is 0. The van der Waals surface area contributed by atoms with E-state index in [0.29, 0.717) is 25.5 Å². The molecule has 1 aliphatic heterocycles. The van der Waals surface area contributed by atoms with Gasteiger partial charge in [-0.05, 0) is 31.5 Å². The van der Waals surface area contributed by atoms with Crippen LogP contribution >= 0.6 is 0 Å². The molecule has 1 atom stereocenters. The summed E-state index contributed by atoms with van der Waals surface area (Å²) < 4.78 is 16.2. The zero-order valence-electron chi connectivity index (χ0n) is 14.8. The number of ether oxygens (including phenoxy) is 2. The van der Waals surface area contributed by atoms with Crippen LogP contribution in [0.5, 0.6) is 5.75 Å². The predicted octanol–water partition coefficient (Wildman–Crippen LogP) is 2.76. The number of aromatic nitrogens is 2. The molecular formula is C19H21N3O4. The van der Waals surface area contributed by atoms with Crippen molar-refractivity contribution in [3.8, 4) is 5.75 Å². The highest BCUT2D eigenvalue weighted by Gasteiger charge is 2.25. The number of aryl methyl sites for hydroxylation is 2. The van der Waals surface area contributed by atoms with Crippen molar-refractivity contribution in [3.05, 3.63) is 47.0 Å². The molecule has 2 N–H and O–H groups in total. The van der Waals surface area contributed by atoms with Crippen LogP contribution in [0.15, 0.2) is 28.8 Å². The average Bonchev–Trinajstić information content (AvgIpc) is 3.14. The number of carbonyl (C=O) groups excluding carboxylic acids is 1. The van der Waals surface area contributed by atoms with Gasteiger partial charge in [0, 0.05) is 35.2 Å². The van der Waals surface area contributed by atoms with E-state index < -0.39 is 0 Å². The number of rotatable bonds is 6. The second kappa shape index (κ2) is 6.84. The molecular weight excluding hydrogens is 334 g/mol. The van der Waals surface area contributed by atoms with E-state index in [9.17, 15) is 4.79 Å². The highest BCUT2D eigenvalue weighted by atomic mass is 16.5. The molecule has 1 aliphatic rings. The van der Waals surface area contributed by atoms with Gasteiger partial charge in [-0.25, -0.2) is 0 Å². The van der Waals surface area contributed by atoms with Gasteiger partial charge in [-0.2, -0.15) is 0 Å². The van der Waals surface area contributed by atoms with Crippen LogP contribution < -0.4 is 10.1 Å². The molecule has 1 fully saturated rings. The van der Waals surface area contributed by atoms with Crippen molar-refractivity contribution in [2.45, 2.75) is 39.5 Å². The van der Waals surface area contributed by atoms with Crippen LogP contribution in [0, 0.1) is 13.8 Å². The maximum atomic E-state index is 11.9. The lowest BCUT2D eigenvalue weighted by molar-refractivity contribution is -0.145. The standard InChI is InChI=1S/C19H21N3O4/c1-11-5-13-7-14(9-20-19(23)17-3-4-24-17)21-16(13)8-18(11)25-10-15-6-12(2)22-26-15/h5-8,17,21H,3-4,9-10H2,1-2H3,(H,20,23)/t17-/m1/s1. The van der Waals surface area contributed by atoms with Crippen LogP contribution in [-0.2, 0) is 22.7 Å². The second-order valence-corrected chi connectivity index (χ2v) is 6.59. The Labute approximate surface area is 150 Å². The van der Waals surface area contributed by atoms with Gasteiger partial charge in [-0.15, -0.1) is 0 Å². The van der Waals surface area contributed by atoms with Gasteiger partial charge in [0.15, 0.2) is 5.76 Å². The van der Waals surface area contributed by atoms with Crippen LogP contribution in [-0.4, -0.2) is 28.8 Å². The Hall–Kier alpha value is -2.80. The number of nitrogens with zero attached hydrogens (tertiary/aromatic N) is 1. The lowest BCUT2D eigenvalue weighted by Crippen LogP contribution is -2.42. The number of hydrogen-bond acceptors (Lipinski definition) is 5. The molecule has 1 saturated heterocycles. The summed E-state index contributed by atoms with van der Waals surface area (Å²) in [6, 6.07) is 7.92. The lowest BCUT2D eigenvalue weighted by atomic mass is 10.1. The predicted molar refractivity (Wildman–Crippen MR) is 94.8 cm³/mol. The van der Waals surface area contributed by atoms with Gasteiger partial charge in [0.2, 0.25) is 5.91 Å². The van der Waals surface area contributed by atoms with Crippen molar-refractivity contribution < 1.29 is 18.8 Å². The molecule has 4 rings (SSSR count). The molecule has 3 aromatic rings. The van der Waals surface area contributed by atoms with Crippen LogP contribution in [0.1, 0.15) is 29.1 Å². The Morgan fingerprint density at radius 3 is 2.88 bits per heavy atom. The van der Waals surface area contributed by atoms with Crippen LogP contribution in [0.3, 0.4) is 0 Å². The van der Waals surface area contributed by atoms with Crippen molar-refractivity contribution in [2.75, 3.05) is 6.61 Å². The monoisotopic (exact) mass is 355 g/mol. The number of nitrogens with one attached hydrogen (secondary N) is 2. The van der Waals surface area contributed by atoms with E-state index in [4.69, 9.17) is 14.0 Å². The number of hydrogen-bond donors (Lipinski definition) is 2. The number of aromatic amines is 1. The van der Waals surface area contributed by atoms with E-state index >= 15 is 0 Å². The molecule has 0 unspecified atom stereocenters. The summed E-state index contributed by atoms with van der Waals surface area (Å²) in [7, 11) is 0. The molecule has 0 aliphatic carbocycles. The van der Waals surface area contributed by atoms with E-state index in [0.717, 1.165) is 40.0 Å². The number of fused-ring (bicyclic) bond motifs is 1. The van der Waals surface area contributed by atoms with Crippen molar-refractivity contribution >= 4 is 16.8 Å². The number of carbonyl (C=O) groups is 1. The molecule has 7 heteroatoms. The van der Waals surface area contributed by atoms with Gasteiger partial charge in [0.05, 0.1) is 18.8 Å². The van der Waals surface area contributed by atoms with Crippen LogP contribution in [0.4, 0.5) is 0 Å². The third kappa shape index (κ3) is 3.43. The van der Waals surface area contributed by atoms with E-state index in [1.807, 2.05) is 32.0 Å². The van der Waals surface area contributed by atoms with Crippen molar-refractivity contribution in [1.29, 1.82) is 0 Å². The first-order valence-corrected chi connectivity index (χ1v) is 8.65. The number of benzene rings is 1. The van der Waals surface area contributed by atoms with E-state index in [-0.39, 0.29) is 12.0 Å². The van der Waals surface area contributed by atoms with Crippen molar-refractivity contribution in [1.82, 2.24) is 15.5 Å². The van der Waals surface area contributed by atoms with Gasteiger partial charge < -0.3 is 24.3 Å². The Kier molecular flexibility index (Phi) is 4.38. The zero-order chi connectivity index (χ0) is 18.1. The topological polar surface area (TPSA) is 89.4 Å². The minimum Gasteiger partial charge on any atom is -0.485 e. The van der Waals surface area contributed by atoms with Crippen LogP contribution in [0.25, 0.3) is 10.9 Å². The molecule has 1 amide bonds. The van der Waals surface area contributed by atoms with E-state index in [2.05, 4.69) is 21.5 Å². The fourth-order valence-corrected chi connectivity index (χ4v) is 2.96. The Morgan fingerprint density at radius 2 is 2.19 bits per heavy atom. The highest BCUT2D eigenvalue weighted by molar-refractivity contribution is 5.84. The summed E-state index contributed by atoms with van der Waals surface area (Å²) in [5, 5.41) is 7.83. The Morgan fingerprint density at radius 1 is 1.35 bits per heavy atom. The first-order valence-electron chi connectivity index (χ1n) is 8.65. The molecule has 1 aromatic carbocycles. The fourth-order valence-electron chi connectivity index (χ4n) is 2.96. The number of amides is 1. The van der Waals surface area contributed by atoms with Gasteiger partial charge >= 0.3 is 0 Å². The van der Waals surface area contributed by atoms with Crippen LogP contribution in [0.2, 0.25) is 0 Å². The molecule has 26 heavy (non-hydrogen) atoms. The zero-order valence-corrected chi connectivity index (χ0v) is 14.8. The van der Waals surface area contributed by atoms with E-state index in [1.54, 1.807) is 0 Å². The summed E-state index contributed by atoms with van der Waals surface area (Å²) in [4.78, 5) is 15.2. The summed E-state index contributed by atoms with van der Waals surface area (Å²) in [5.74, 6) is 1.42. The summed E-state index contributed by atoms with van der Waals surface area (Å²) in [6.45, 7) is 5.32. The average molecular weight is 355 g/mol. The smallest absolute Gasteiger partial charge is 0.249 e. The third-order valence-corrected chi connectivity index (χ3v) is 4.46. The first-order chi connectivity index (χ1) is 12.6. The molecule has 0 spiro atoms. The summed E-state index contributed by atoms with van der Waals surface area (Å²) in [6.07, 6.45) is 0.504. The maximum absolute atomic E-state index is 11.9. The fraction of sp³-hybridized carbons (Fsp3) is 0.368. The molecule has 136 valence electrons. The molecule has 0 bridgehead atoms. The maximum Gasteiger partial charge on any atom is 0.249 e. The normalized spacial score (nSPS) is 16.5. The van der Waals surface area contributed by atoms with Gasteiger partial charge in [-0.1, -0.05) is 5.16 Å². The Bertz CT molecular complexity index is 940. The van der Waals surface area contributed by atoms with Crippen molar-refractivity contribution in [2.24, 2.45) is 0 Å². The molecule has 0 radical (unpaired) electrons.